The Balaban J connectivity index is 1.52. The number of hydrogen-bond donors (Lipinski definition) is 2. The number of nitrogens with zero attached hydrogens (tertiary/aromatic N) is 3. The average Bonchev–Trinajstić information content (AvgIpc) is 3.11. The molecule has 0 spiro atoms. The van der Waals surface area contributed by atoms with Crippen LogP contribution in [0.15, 0.2) is 60.2 Å². The molecule has 1 amide bonds. The fraction of sp³-hybridized carbons (Fsp3) is 0.269. The molecule has 6 nitrogen and oxygen atoms in total. The summed E-state index contributed by atoms with van der Waals surface area (Å²) < 4.78 is 1.94. The molecule has 0 saturated heterocycles. The first kappa shape index (κ1) is 21.5. The number of aryl methyl sites for hydroxylation is 1. The molecule has 0 aliphatic heterocycles. The molecule has 7 heteroatoms. The lowest BCUT2D eigenvalue weighted by molar-refractivity contribution is 0.0953. The highest BCUT2D eigenvalue weighted by Crippen LogP contribution is 2.30. The van der Waals surface area contributed by atoms with Crippen molar-refractivity contribution in [1.29, 1.82) is 0 Å². The van der Waals surface area contributed by atoms with Gasteiger partial charge in [0.25, 0.3) is 5.91 Å². The lowest BCUT2D eigenvalue weighted by Gasteiger charge is -2.14. The van der Waals surface area contributed by atoms with E-state index in [4.69, 9.17) is 27.3 Å². The minimum atomic E-state index is -0.280. The summed E-state index contributed by atoms with van der Waals surface area (Å²) in [5.41, 5.74) is 11.9. The van der Waals surface area contributed by atoms with Gasteiger partial charge in [0, 0.05) is 18.1 Å². The largest absolute Gasteiger partial charge is 0.384 e. The highest BCUT2D eigenvalue weighted by Gasteiger charge is 2.24. The first-order valence-corrected chi connectivity index (χ1v) is 11.7. The lowest BCUT2D eigenvalue weighted by atomic mass is 9.97. The van der Waals surface area contributed by atoms with Crippen molar-refractivity contribution in [3.8, 4) is 0 Å². The van der Waals surface area contributed by atoms with E-state index in [1.807, 2.05) is 47.0 Å². The zero-order chi connectivity index (χ0) is 22.8. The zero-order valence-electron chi connectivity index (χ0n) is 18.4. The molecule has 33 heavy (non-hydrogen) atoms. The van der Waals surface area contributed by atoms with E-state index in [-0.39, 0.29) is 5.91 Å². The summed E-state index contributed by atoms with van der Waals surface area (Å²) in [5, 5.41) is 3.57. The summed E-state index contributed by atoms with van der Waals surface area (Å²) in [7, 11) is 0. The van der Waals surface area contributed by atoms with Crippen molar-refractivity contribution in [2.24, 2.45) is 0 Å². The Morgan fingerprint density at radius 3 is 2.58 bits per heavy atom. The quantitative estimate of drug-likeness (QED) is 0.365. The number of nitrogen functional groups attached to an aromatic ring is 1. The maximum Gasteiger partial charge on any atom is 0.257 e. The number of carbonyl (C=O) groups excluding carboxylic acids is 1. The van der Waals surface area contributed by atoms with Crippen molar-refractivity contribution in [1.82, 2.24) is 19.9 Å². The molecule has 0 fully saturated rings. The van der Waals surface area contributed by atoms with Crippen molar-refractivity contribution in [3.63, 3.8) is 0 Å². The van der Waals surface area contributed by atoms with Crippen LogP contribution in [0.3, 0.4) is 0 Å². The molecule has 0 bridgehead atoms. The topological polar surface area (TPSA) is 85.8 Å². The normalized spacial score (nSPS) is 13.9. The Morgan fingerprint density at radius 2 is 1.82 bits per heavy atom. The zero-order valence-corrected chi connectivity index (χ0v) is 19.1. The third-order valence-electron chi connectivity index (χ3n) is 6.26. The Bertz CT molecular complexity index is 1370. The van der Waals surface area contributed by atoms with Gasteiger partial charge < -0.3 is 15.6 Å². The molecule has 3 N–H and O–H groups in total. The number of halogens is 1. The van der Waals surface area contributed by atoms with Crippen LogP contribution in [0.2, 0.25) is 5.02 Å². The second-order valence-corrected chi connectivity index (χ2v) is 8.84. The molecule has 2 heterocycles. The van der Waals surface area contributed by atoms with Crippen LogP contribution in [0, 0.1) is 0 Å². The van der Waals surface area contributed by atoms with E-state index in [1.54, 1.807) is 6.07 Å². The monoisotopic (exact) mass is 459 g/mol. The van der Waals surface area contributed by atoms with Crippen molar-refractivity contribution in [2.75, 3.05) is 5.73 Å². The van der Waals surface area contributed by atoms with E-state index < -0.39 is 0 Å². The van der Waals surface area contributed by atoms with Crippen LogP contribution in [-0.4, -0.2) is 20.4 Å². The van der Waals surface area contributed by atoms with E-state index in [0.717, 1.165) is 35.9 Å². The smallest absolute Gasteiger partial charge is 0.257 e. The van der Waals surface area contributed by atoms with Gasteiger partial charge >= 0.3 is 0 Å². The molecule has 0 radical (unpaired) electrons. The number of fused-ring (bicyclic) bond motifs is 2. The van der Waals surface area contributed by atoms with E-state index in [2.05, 4.69) is 11.4 Å². The lowest BCUT2D eigenvalue weighted by Crippen LogP contribution is -2.24. The SMILES string of the molecule is Nc1c(C(=O)NCc2ccccc2Cl)c2nc3ccccc3nc2n1CCC1=CCCCC1. The highest BCUT2D eigenvalue weighted by molar-refractivity contribution is 6.31. The second kappa shape index (κ2) is 9.24. The first-order valence-electron chi connectivity index (χ1n) is 11.4. The fourth-order valence-electron chi connectivity index (χ4n) is 4.46. The summed E-state index contributed by atoms with van der Waals surface area (Å²) in [6.45, 7) is 0.970. The van der Waals surface area contributed by atoms with Gasteiger partial charge in [-0.15, -0.1) is 0 Å². The van der Waals surface area contributed by atoms with Gasteiger partial charge in [-0.25, -0.2) is 9.97 Å². The van der Waals surface area contributed by atoms with Crippen LogP contribution in [0.1, 0.15) is 48.0 Å². The van der Waals surface area contributed by atoms with Crippen LogP contribution in [0.5, 0.6) is 0 Å². The van der Waals surface area contributed by atoms with Crippen molar-refractivity contribution >= 4 is 45.5 Å². The molecule has 0 saturated carbocycles. The summed E-state index contributed by atoms with van der Waals surface area (Å²) in [5.74, 6) is 0.117. The van der Waals surface area contributed by atoms with E-state index in [0.29, 0.717) is 40.7 Å². The molecule has 0 unspecified atom stereocenters. The maximum atomic E-state index is 13.3. The predicted molar refractivity (Wildman–Crippen MR) is 133 cm³/mol. The second-order valence-electron chi connectivity index (χ2n) is 8.43. The van der Waals surface area contributed by atoms with E-state index in [1.165, 1.54) is 18.4 Å². The van der Waals surface area contributed by atoms with Gasteiger partial charge in [-0.2, -0.15) is 0 Å². The Hall–Kier alpha value is -3.38. The van der Waals surface area contributed by atoms with Crippen LogP contribution < -0.4 is 11.1 Å². The minimum absolute atomic E-state index is 0.280. The third kappa shape index (κ3) is 4.31. The molecule has 5 rings (SSSR count). The number of aromatic nitrogens is 3. The molecular formula is C26H26ClN5O. The van der Waals surface area contributed by atoms with Gasteiger partial charge in [-0.05, 0) is 55.9 Å². The van der Waals surface area contributed by atoms with E-state index >= 15 is 0 Å². The number of hydrogen-bond acceptors (Lipinski definition) is 4. The molecule has 4 aromatic rings. The van der Waals surface area contributed by atoms with Gasteiger partial charge in [0.15, 0.2) is 5.65 Å². The predicted octanol–water partition coefficient (Wildman–Crippen LogP) is 5.64. The Labute approximate surface area is 197 Å². The van der Waals surface area contributed by atoms with Crippen molar-refractivity contribution in [2.45, 2.75) is 45.2 Å². The number of amides is 1. The van der Waals surface area contributed by atoms with Crippen LogP contribution >= 0.6 is 11.6 Å². The highest BCUT2D eigenvalue weighted by atomic mass is 35.5. The van der Waals surface area contributed by atoms with E-state index in [9.17, 15) is 4.79 Å². The third-order valence-corrected chi connectivity index (χ3v) is 6.63. The number of allylic oxidation sites excluding steroid dienone is 2. The minimum Gasteiger partial charge on any atom is -0.384 e. The van der Waals surface area contributed by atoms with Gasteiger partial charge in [0.1, 0.15) is 16.9 Å². The molecule has 168 valence electrons. The number of carbonyl (C=O) groups is 1. The Kier molecular flexibility index (Phi) is 6.01. The Morgan fingerprint density at radius 1 is 1.06 bits per heavy atom. The number of nitrogens with two attached hydrogens (primary N) is 1. The number of benzene rings is 2. The van der Waals surface area contributed by atoms with Gasteiger partial charge in [-0.3, -0.25) is 4.79 Å². The molecule has 1 aliphatic rings. The number of para-hydroxylation sites is 2. The standard InChI is InChI=1S/C26H26ClN5O/c27-19-11-5-4-10-18(19)16-29-26(33)22-23-25(31-21-13-7-6-12-20(21)30-23)32(24(22)28)15-14-17-8-2-1-3-9-17/h4-8,10-13H,1-3,9,14-16,28H2,(H,29,33). The van der Waals surface area contributed by atoms with Crippen LogP contribution in [0.25, 0.3) is 22.2 Å². The maximum absolute atomic E-state index is 13.3. The van der Waals surface area contributed by atoms with Crippen molar-refractivity contribution < 1.29 is 4.79 Å². The number of rotatable bonds is 6. The molecule has 0 atom stereocenters. The fourth-order valence-corrected chi connectivity index (χ4v) is 4.66. The number of nitrogens with one attached hydrogen (secondary N) is 1. The van der Waals surface area contributed by atoms with Gasteiger partial charge in [0.05, 0.1) is 11.0 Å². The average molecular weight is 460 g/mol. The summed E-state index contributed by atoms with van der Waals surface area (Å²) in [6, 6.07) is 15.1. The van der Waals surface area contributed by atoms with Crippen LogP contribution in [0.4, 0.5) is 5.82 Å². The molecule has 1 aliphatic carbocycles. The summed E-state index contributed by atoms with van der Waals surface area (Å²) >= 11 is 6.26. The van der Waals surface area contributed by atoms with Gasteiger partial charge in [-0.1, -0.05) is 53.6 Å². The first-order chi connectivity index (χ1) is 16.1. The molecule has 2 aromatic heterocycles. The molecule has 2 aromatic carbocycles. The number of anilines is 1. The molecular weight excluding hydrogens is 434 g/mol. The van der Waals surface area contributed by atoms with Gasteiger partial charge in [0.2, 0.25) is 0 Å². The summed E-state index contributed by atoms with van der Waals surface area (Å²) in [4.78, 5) is 22.9. The van der Waals surface area contributed by atoms with Crippen molar-refractivity contribution in [3.05, 3.63) is 76.3 Å². The summed E-state index contributed by atoms with van der Waals surface area (Å²) in [6.07, 6.45) is 7.97. The van der Waals surface area contributed by atoms with Crippen LogP contribution in [-0.2, 0) is 13.1 Å².